The number of aryl methyl sites for hydroxylation is 1. The van der Waals surface area contributed by atoms with Crippen molar-refractivity contribution in [2.24, 2.45) is 0 Å². The topological polar surface area (TPSA) is 43.3 Å². The summed E-state index contributed by atoms with van der Waals surface area (Å²) in [5.41, 5.74) is 3.75. The molecule has 1 aromatic heterocycles. The third-order valence-corrected chi connectivity index (χ3v) is 4.15. The van der Waals surface area contributed by atoms with Gasteiger partial charge in [0, 0.05) is 38.1 Å². The molecule has 0 spiro atoms. The first-order chi connectivity index (χ1) is 10.3. The number of nitrogens with zero attached hydrogens (tertiary/aromatic N) is 1. The van der Waals surface area contributed by atoms with Gasteiger partial charge in [0.2, 0.25) is 0 Å². The third-order valence-electron chi connectivity index (χ3n) is 4.15. The number of hydrogen-bond donors (Lipinski definition) is 1. The van der Waals surface area contributed by atoms with Gasteiger partial charge in [0.1, 0.15) is 0 Å². The van der Waals surface area contributed by atoms with Gasteiger partial charge < -0.3 is 14.6 Å². The van der Waals surface area contributed by atoms with E-state index in [-0.39, 0.29) is 5.56 Å². The lowest BCUT2D eigenvalue weighted by Crippen LogP contribution is -2.32. The maximum absolute atomic E-state index is 12.7. The lowest BCUT2D eigenvalue weighted by atomic mass is 9.94. The van der Waals surface area contributed by atoms with Crippen molar-refractivity contribution in [1.82, 2.24) is 9.88 Å². The summed E-state index contributed by atoms with van der Waals surface area (Å²) in [5.74, 6) is 0. The van der Waals surface area contributed by atoms with E-state index in [9.17, 15) is 4.79 Å². The number of pyridine rings is 1. The highest BCUT2D eigenvalue weighted by Crippen LogP contribution is 2.21. The van der Waals surface area contributed by atoms with Crippen molar-refractivity contribution in [3.63, 3.8) is 0 Å². The highest BCUT2D eigenvalue weighted by molar-refractivity contribution is 5.29. The van der Waals surface area contributed by atoms with Crippen LogP contribution in [0.2, 0.25) is 0 Å². The molecule has 1 aliphatic rings. The Morgan fingerprint density at radius 3 is 2.90 bits per heavy atom. The Bertz CT molecular complexity index is 508. The number of nitrogens with one attached hydrogen (secondary N) is 1. The second-order valence-corrected chi connectivity index (χ2v) is 5.83. The number of methoxy groups -OCH3 is 1. The Kier molecular flexibility index (Phi) is 6.46. The number of aromatic nitrogens is 1. The molecule has 0 amide bonds. The second-order valence-electron chi connectivity index (χ2n) is 5.83. The fraction of sp³-hybridized carbons (Fsp3) is 0.706. The molecule has 4 nitrogen and oxygen atoms in total. The molecule has 0 fully saturated rings. The summed E-state index contributed by atoms with van der Waals surface area (Å²) >= 11 is 0. The minimum absolute atomic E-state index is 0.190. The van der Waals surface area contributed by atoms with Crippen LogP contribution in [0.1, 0.15) is 49.4 Å². The SMILES string of the molecule is CCCNCc1cc2c(n(CCCOC)c1=O)CCCC2. The highest BCUT2D eigenvalue weighted by atomic mass is 16.5. The summed E-state index contributed by atoms with van der Waals surface area (Å²) in [6.07, 6.45) is 6.58. The Labute approximate surface area is 127 Å². The summed E-state index contributed by atoms with van der Waals surface area (Å²) < 4.78 is 7.14. The normalized spacial score (nSPS) is 14.2. The first-order valence-corrected chi connectivity index (χ1v) is 8.22. The Morgan fingerprint density at radius 1 is 1.33 bits per heavy atom. The molecule has 1 aromatic rings. The number of hydrogen-bond acceptors (Lipinski definition) is 3. The lowest BCUT2D eigenvalue weighted by Gasteiger charge is -2.22. The fourth-order valence-electron chi connectivity index (χ4n) is 3.07. The van der Waals surface area contributed by atoms with E-state index in [1.54, 1.807) is 7.11 Å². The summed E-state index contributed by atoms with van der Waals surface area (Å²) in [7, 11) is 1.71. The molecule has 1 heterocycles. The average Bonchev–Trinajstić information content (AvgIpc) is 2.50. The van der Waals surface area contributed by atoms with Crippen LogP contribution in [0.25, 0.3) is 0 Å². The van der Waals surface area contributed by atoms with Crippen LogP contribution in [0.4, 0.5) is 0 Å². The Morgan fingerprint density at radius 2 is 2.14 bits per heavy atom. The van der Waals surface area contributed by atoms with Crippen molar-refractivity contribution < 1.29 is 4.74 Å². The Balaban J connectivity index is 2.25. The van der Waals surface area contributed by atoms with E-state index in [4.69, 9.17) is 4.74 Å². The van der Waals surface area contributed by atoms with Gasteiger partial charge >= 0.3 is 0 Å². The zero-order valence-electron chi connectivity index (χ0n) is 13.4. The molecule has 0 unspecified atom stereocenters. The maximum atomic E-state index is 12.7. The van der Waals surface area contributed by atoms with Crippen molar-refractivity contribution in [2.75, 3.05) is 20.3 Å². The summed E-state index contributed by atoms with van der Waals surface area (Å²) in [6, 6.07) is 2.15. The van der Waals surface area contributed by atoms with Gasteiger partial charge in [-0.3, -0.25) is 4.79 Å². The first-order valence-electron chi connectivity index (χ1n) is 8.22. The quantitative estimate of drug-likeness (QED) is 0.747. The van der Waals surface area contributed by atoms with Gasteiger partial charge in [-0.05, 0) is 56.7 Å². The molecular weight excluding hydrogens is 264 g/mol. The van der Waals surface area contributed by atoms with E-state index < -0.39 is 0 Å². The number of rotatable bonds is 8. The smallest absolute Gasteiger partial charge is 0.255 e. The molecule has 0 saturated heterocycles. The molecule has 0 saturated carbocycles. The predicted molar refractivity (Wildman–Crippen MR) is 85.8 cm³/mol. The van der Waals surface area contributed by atoms with Crippen LogP contribution in [0.5, 0.6) is 0 Å². The molecule has 118 valence electrons. The number of ether oxygens (including phenoxy) is 1. The summed E-state index contributed by atoms with van der Waals surface area (Å²) in [4.78, 5) is 12.7. The van der Waals surface area contributed by atoms with Crippen LogP contribution >= 0.6 is 0 Å². The second kappa shape index (κ2) is 8.35. The van der Waals surface area contributed by atoms with E-state index >= 15 is 0 Å². The third kappa shape index (κ3) is 4.17. The van der Waals surface area contributed by atoms with Gasteiger partial charge in [-0.15, -0.1) is 0 Å². The summed E-state index contributed by atoms with van der Waals surface area (Å²) in [6.45, 7) is 5.27. The molecule has 1 N–H and O–H groups in total. The van der Waals surface area contributed by atoms with Crippen molar-refractivity contribution in [3.8, 4) is 0 Å². The maximum Gasteiger partial charge on any atom is 0.255 e. The van der Waals surface area contributed by atoms with Gasteiger partial charge in [0.25, 0.3) is 5.56 Å². The molecular formula is C17H28N2O2. The van der Waals surface area contributed by atoms with Crippen molar-refractivity contribution in [1.29, 1.82) is 0 Å². The van der Waals surface area contributed by atoms with Crippen LogP contribution in [0.3, 0.4) is 0 Å². The van der Waals surface area contributed by atoms with Crippen LogP contribution in [-0.4, -0.2) is 24.8 Å². The van der Waals surface area contributed by atoms with E-state index in [1.807, 2.05) is 4.57 Å². The zero-order chi connectivity index (χ0) is 15.1. The van der Waals surface area contributed by atoms with Crippen LogP contribution in [0, 0.1) is 0 Å². The minimum Gasteiger partial charge on any atom is -0.385 e. The van der Waals surface area contributed by atoms with Gasteiger partial charge in [-0.2, -0.15) is 0 Å². The molecule has 0 atom stereocenters. The molecule has 0 bridgehead atoms. The first kappa shape index (κ1) is 16.2. The molecule has 0 aromatic carbocycles. The highest BCUT2D eigenvalue weighted by Gasteiger charge is 2.17. The van der Waals surface area contributed by atoms with Gasteiger partial charge in [-0.1, -0.05) is 6.92 Å². The van der Waals surface area contributed by atoms with E-state index in [0.717, 1.165) is 44.3 Å². The standard InChI is InChI=1S/C17H28N2O2/c1-3-9-18-13-15-12-14-7-4-5-8-16(14)19(17(15)20)10-6-11-21-2/h12,18H,3-11,13H2,1-2H3. The van der Waals surface area contributed by atoms with Crippen molar-refractivity contribution >= 4 is 0 Å². The molecule has 4 heteroatoms. The molecule has 1 aliphatic carbocycles. The molecule has 2 rings (SSSR count). The minimum atomic E-state index is 0.190. The van der Waals surface area contributed by atoms with E-state index in [1.165, 1.54) is 24.1 Å². The predicted octanol–water partition coefficient (Wildman–Crippen LogP) is 2.26. The summed E-state index contributed by atoms with van der Waals surface area (Å²) in [5, 5.41) is 3.36. The average molecular weight is 292 g/mol. The molecule has 21 heavy (non-hydrogen) atoms. The van der Waals surface area contributed by atoms with E-state index in [0.29, 0.717) is 13.2 Å². The van der Waals surface area contributed by atoms with Crippen LogP contribution in [0.15, 0.2) is 10.9 Å². The lowest BCUT2D eigenvalue weighted by molar-refractivity contribution is 0.189. The van der Waals surface area contributed by atoms with Gasteiger partial charge in [-0.25, -0.2) is 0 Å². The number of fused-ring (bicyclic) bond motifs is 1. The Hall–Kier alpha value is -1.13. The zero-order valence-corrected chi connectivity index (χ0v) is 13.4. The van der Waals surface area contributed by atoms with Crippen LogP contribution in [-0.2, 0) is 30.7 Å². The molecule has 0 radical (unpaired) electrons. The van der Waals surface area contributed by atoms with Crippen molar-refractivity contribution in [3.05, 3.63) is 33.2 Å². The fourth-order valence-corrected chi connectivity index (χ4v) is 3.07. The van der Waals surface area contributed by atoms with Gasteiger partial charge in [0.15, 0.2) is 0 Å². The van der Waals surface area contributed by atoms with E-state index in [2.05, 4.69) is 18.3 Å². The largest absolute Gasteiger partial charge is 0.385 e. The van der Waals surface area contributed by atoms with Gasteiger partial charge in [0.05, 0.1) is 0 Å². The van der Waals surface area contributed by atoms with Crippen LogP contribution < -0.4 is 10.9 Å². The van der Waals surface area contributed by atoms with Crippen molar-refractivity contribution in [2.45, 2.75) is 58.5 Å². The molecule has 0 aliphatic heterocycles. The monoisotopic (exact) mass is 292 g/mol.